The molecule has 0 heterocycles. The van der Waals surface area contributed by atoms with Crippen LogP contribution in [0.3, 0.4) is 0 Å². The third-order valence-electron chi connectivity index (χ3n) is 8.34. The van der Waals surface area contributed by atoms with Gasteiger partial charge in [0.2, 0.25) is 0 Å². The molecular weight excluding hydrogens is 600 g/mol. The third-order valence-corrected chi connectivity index (χ3v) is 8.34. The quantitative estimate of drug-likeness (QED) is 0.0288. The van der Waals surface area contributed by atoms with Crippen LogP contribution < -0.4 is 0 Å². The van der Waals surface area contributed by atoms with Crippen molar-refractivity contribution >= 4 is 17.9 Å². The fourth-order valence-corrected chi connectivity index (χ4v) is 5.23. The Kier molecular flexibility index (Phi) is 35.6. The van der Waals surface area contributed by atoms with Gasteiger partial charge in [0.25, 0.3) is 0 Å². The summed E-state index contributed by atoms with van der Waals surface area (Å²) >= 11 is 0. The molecule has 0 aliphatic heterocycles. The molecule has 6 heteroatoms. The molecule has 0 saturated carbocycles. The maximum Gasteiger partial charge on any atom is 0.306 e. The molecule has 48 heavy (non-hydrogen) atoms. The predicted octanol–water partition coefficient (Wildman–Crippen LogP) is 12.2. The van der Waals surface area contributed by atoms with Crippen LogP contribution in [0.15, 0.2) is 36.5 Å². The Morgan fingerprint density at radius 1 is 0.396 bits per heavy atom. The first-order chi connectivity index (χ1) is 23.5. The topological polar surface area (TPSA) is 78.9 Å². The first-order valence-corrected chi connectivity index (χ1v) is 20.0. The smallest absolute Gasteiger partial charge is 0.306 e. The van der Waals surface area contributed by atoms with Gasteiger partial charge in [-0.3, -0.25) is 14.4 Å². The molecule has 6 nitrogen and oxygen atoms in total. The number of carbonyl (C=O) groups excluding carboxylic acids is 3. The van der Waals surface area contributed by atoms with Crippen molar-refractivity contribution in [3.05, 3.63) is 36.5 Å². The van der Waals surface area contributed by atoms with Crippen LogP contribution in [0, 0.1) is 0 Å². The highest BCUT2D eigenvalue weighted by Crippen LogP contribution is 2.12. The van der Waals surface area contributed by atoms with Crippen LogP contribution in [0.5, 0.6) is 0 Å². The number of hydrogen-bond acceptors (Lipinski definition) is 6. The second-order valence-electron chi connectivity index (χ2n) is 13.2. The van der Waals surface area contributed by atoms with Crippen LogP contribution in [0.1, 0.15) is 194 Å². The van der Waals surface area contributed by atoms with Gasteiger partial charge in [0.1, 0.15) is 13.2 Å². The Labute approximate surface area is 295 Å². The maximum absolute atomic E-state index is 12.6. The van der Waals surface area contributed by atoms with E-state index in [-0.39, 0.29) is 31.1 Å². The van der Waals surface area contributed by atoms with Crippen molar-refractivity contribution < 1.29 is 28.6 Å². The van der Waals surface area contributed by atoms with Gasteiger partial charge in [-0.1, -0.05) is 134 Å². The zero-order valence-corrected chi connectivity index (χ0v) is 31.5. The van der Waals surface area contributed by atoms with Gasteiger partial charge < -0.3 is 14.2 Å². The number of ether oxygens (including phenoxy) is 3. The largest absolute Gasteiger partial charge is 0.462 e. The molecule has 0 bridgehead atoms. The van der Waals surface area contributed by atoms with E-state index in [0.29, 0.717) is 25.7 Å². The van der Waals surface area contributed by atoms with Crippen molar-refractivity contribution in [3.8, 4) is 0 Å². The number of allylic oxidation sites excluding steroid dienone is 6. The Balaban J connectivity index is 4.43. The van der Waals surface area contributed by atoms with Crippen molar-refractivity contribution in [2.24, 2.45) is 0 Å². The lowest BCUT2D eigenvalue weighted by Gasteiger charge is -2.18. The highest BCUT2D eigenvalue weighted by atomic mass is 16.6. The van der Waals surface area contributed by atoms with E-state index < -0.39 is 6.10 Å². The molecule has 0 aromatic heterocycles. The van der Waals surface area contributed by atoms with E-state index in [4.69, 9.17) is 14.2 Å². The summed E-state index contributed by atoms with van der Waals surface area (Å²) < 4.78 is 16.5. The minimum absolute atomic E-state index is 0.0899. The lowest BCUT2D eigenvalue weighted by atomic mass is 10.1. The highest BCUT2D eigenvalue weighted by molar-refractivity contribution is 5.71. The Morgan fingerprint density at radius 2 is 0.729 bits per heavy atom. The minimum Gasteiger partial charge on any atom is -0.462 e. The Bertz CT molecular complexity index is 830. The van der Waals surface area contributed by atoms with Crippen LogP contribution in [0.4, 0.5) is 0 Å². The summed E-state index contributed by atoms with van der Waals surface area (Å²) in [4.78, 5) is 37.4. The molecule has 0 aromatic carbocycles. The van der Waals surface area contributed by atoms with Gasteiger partial charge in [0, 0.05) is 19.3 Å². The normalized spacial score (nSPS) is 12.3. The molecule has 1 unspecified atom stereocenters. The SMILES string of the molecule is CCCC/C=C\CCCCCCCC(=O)OCC(COC(=O)CCC/C=C\CCCCCC)OC(=O)CCCCCC/C=C\CCCC. The molecule has 0 amide bonds. The fourth-order valence-electron chi connectivity index (χ4n) is 5.23. The average Bonchev–Trinajstić information content (AvgIpc) is 3.08. The van der Waals surface area contributed by atoms with Crippen molar-refractivity contribution in [2.45, 2.75) is 200 Å². The van der Waals surface area contributed by atoms with Crippen LogP contribution in [0.25, 0.3) is 0 Å². The molecule has 0 aliphatic rings. The predicted molar refractivity (Wildman–Crippen MR) is 201 cm³/mol. The van der Waals surface area contributed by atoms with E-state index in [0.717, 1.165) is 77.0 Å². The maximum atomic E-state index is 12.6. The standard InChI is InChI=1S/C42H74O6/c1-4-7-10-13-16-19-21-24-26-29-32-35-41(44)47-38-39(37-46-40(43)34-31-28-25-22-18-15-12-9-6-3)48-42(45)36-33-30-27-23-20-17-14-11-8-5-2/h13-14,16-17,22,25,39H,4-12,15,18-21,23-24,26-38H2,1-3H3/b16-13-,17-14-,25-22-. The summed E-state index contributed by atoms with van der Waals surface area (Å²) in [5, 5.41) is 0. The first kappa shape index (κ1) is 45.6. The van der Waals surface area contributed by atoms with E-state index in [1.807, 2.05) is 0 Å². The number of rotatable bonds is 35. The molecule has 0 rings (SSSR count). The van der Waals surface area contributed by atoms with Crippen molar-refractivity contribution in [3.63, 3.8) is 0 Å². The van der Waals surface area contributed by atoms with Crippen LogP contribution in [-0.2, 0) is 28.6 Å². The molecule has 1 atom stereocenters. The lowest BCUT2D eigenvalue weighted by molar-refractivity contribution is -0.167. The van der Waals surface area contributed by atoms with E-state index >= 15 is 0 Å². The highest BCUT2D eigenvalue weighted by Gasteiger charge is 2.19. The van der Waals surface area contributed by atoms with Crippen molar-refractivity contribution in [2.75, 3.05) is 13.2 Å². The lowest BCUT2D eigenvalue weighted by Crippen LogP contribution is -2.30. The molecule has 0 fully saturated rings. The van der Waals surface area contributed by atoms with Crippen molar-refractivity contribution in [1.29, 1.82) is 0 Å². The zero-order chi connectivity index (χ0) is 35.2. The van der Waals surface area contributed by atoms with E-state index in [9.17, 15) is 14.4 Å². The van der Waals surface area contributed by atoms with Crippen molar-refractivity contribution in [1.82, 2.24) is 0 Å². The molecule has 0 aliphatic carbocycles. The summed E-state index contributed by atoms with van der Waals surface area (Å²) in [5.41, 5.74) is 0. The number of unbranched alkanes of at least 4 members (excludes halogenated alkanes) is 18. The summed E-state index contributed by atoms with van der Waals surface area (Å²) in [7, 11) is 0. The molecule has 0 N–H and O–H groups in total. The van der Waals surface area contributed by atoms with Crippen LogP contribution >= 0.6 is 0 Å². The minimum atomic E-state index is -0.785. The summed E-state index contributed by atoms with van der Waals surface area (Å²) in [6, 6.07) is 0. The average molecular weight is 675 g/mol. The molecule has 0 radical (unpaired) electrons. The molecule has 0 aromatic rings. The number of hydrogen-bond donors (Lipinski definition) is 0. The first-order valence-electron chi connectivity index (χ1n) is 20.0. The second-order valence-corrected chi connectivity index (χ2v) is 13.2. The molecular formula is C42H74O6. The second kappa shape index (κ2) is 37.4. The van der Waals surface area contributed by atoms with Gasteiger partial charge in [-0.2, -0.15) is 0 Å². The molecule has 0 saturated heterocycles. The van der Waals surface area contributed by atoms with Gasteiger partial charge in [0.05, 0.1) is 0 Å². The van der Waals surface area contributed by atoms with E-state index in [2.05, 4.69) is 57.2 Å². The van der Waals surface area contributed by atoms with Gasteiger partial charge in [-0.05, 0) is 77.0 Å². The number of carbonyl (C=O) groups is 3. The van der Waals surface area contributed by atoms with Gasteiger partial charge in [0.15, 0.2) is 6.10 Å². The van der Waals surface area contributed by atoms with Gasteiger partial charge in [-0.25, -0.2) is 0 Å². The summed E-state index contributed by atoms with van der Waals surface area (Å²) in [5.74, 6) is -0.957. The monoisotopic (exact) mass is 675 g/mol. The number of esters is 3. The summed E-state index contributed by atoms with van der Waals surface area (Å²) in [6.07, 6.45) is 39.9. The van der Waals surface area contributed by atoms with E-state index in [1.54, 1.807) is 0 Å². The zero-order valence-electron chi connectivity index (χ0n) is 31.5. The van der Waals surface area contributed by atoms with Crippen LogP contribution in [0.2, 0.25) is 0 Å². The molecule has 0 spiro atoms. The summed E-state index contributed by atoms with van der Waals surface area (Å²) in [6.45, 7) is 6.45. The van der Waals surface area contributed by atoms with E-state index in [1.165, 1.54) is 70.6 Å². The Hall–Kier alpha value is -2.37. The van der Waals surface area contributed by atoms with Gasteiger partial charge in [-0.15, -0.1) is 0 Å². The fraction of sp³-hybridized carbons (Fsp3) is 0.786. The van der Waals surface area contributed by atoms with Crippen LogP contribution in [-0.4, -0.2) is 37.2 Å². The van der Waals surface area contributed by atoms with Gasteiger partial charge >= 0.3 is 17.9 Å². The third kappa shape index (κ3) is 35.0. The Morgan fingerprint density at radius 3 is 1.19 bits per heavy atom. The molecule has 278 valence electrons.